The fourth-order valence-electron chi connectivity index (χ4n) is 1.26. The van der Waals surface area contributed by atoms with E-state index in [0.717, 1.165) is 11.1 Å². The number of benzene rings is 1. The topological polar surface area (TPSA) is 56.8 Å². The first kappa shape index (κ1) is 10.1. The van der Waals surface area contributed by atoms with Gasteiger partial charge in [0.2, 0.25) is 0 Å². The van der Waals surface area contributed by atoms with Gasteiger partial charge >= 0.3 is 0 Å². The Labute approximate surface area is 83.2 Å². The number of nitrogens with zero attached hydrogens (tertiary/aromatic N) is 2. The molecule has 0 aliphatic heterocycles. The molecule has 0 amide bonds. The van der Waals surface area contributed by atoms with Crippen molar-refractivity contribution in [3.8, 4) is 17.9 Å². The molecule has 0 spiro atoms. The van der Waals surface area contributed by atoms with Gasteiger partial charge in [0.25, 0.3) is 0 Å². The summed E-state index contributed by atoms with van der Waals surface area (Å²) < 4.78 is 5.04. The lowest BCUT2D eigenvalue weighted by Crippen LogP contribution is -1.94. The van der Waals surface area contributed by atoms with Crippen LogP contribution in [0.4, 0.5) is 0 Å². The van der Waals surface area contributed by atoms with E-state index in [-0.39, 0.29) is 0 Å². The third-order valence-corrected chi connectivity index (χ3v) is 2.05. The predicted octanol–water partition coefficient (Wildman–Crippen LogP) is 1.94. The molecule has 0 saturated carbocycles. The molecule has 0 bridgehead atoms. The standard InChI is InChI=1S/C11H10N2O/c1-8-5-11(14-2)10(7-13)6-9(8)3-4-12/h5-6H,3H2,1-2H3. The van der Waals surface area contributed by atoms with Gasteiger partial charge in [-0.3, -0.25) is 0 Å². The van der Waals surface area contributed by atoms with E-state index in [1.807, 2.05) is 13.0 Å². The SMILES string of the molecule is COc1cc(C)c(CC#N)cc1C#N. The molecule has 1 rings (SSSR count). The Hall–Kier alpha value is -2.00. The van der Waals surface area contributed by atoms with Crippen LogP contribution in [0.15, 0.2) is 12.1 Å². The molecule has 14 heavy (non-hydrogen) atoms. The van der Waals surface area contributed by atoms with Crippen molar-refractivity contribution in [3.05, 3.63) is 28.8 Å². The number of hydrogen-bond acceptors (Lipinski definition) is 3. The highest BCUT2D eigenvalue weighted by atomic mass is 16.5. The maximum atomic E-state index is 8.82. The molecular formula is C11H10N2O. The van der Waals surface area contributed by atoms with E-state index in [0.29, 0.717) is 17.7 Å². The van der Waals surface area contributed by atoms with Gasteiger partial charge in [-0.2, -0.15) is 10.5 Å². The van der Waals surface area contributed by atoms with E-state index in [1.54, 1.807) is 12.1 Å². The van der Waals surface area contributed by atoms with Crippen molar-refractivity contribution in [3.63, 3.8) is 0 Å². The van der Waals surface area contributed by atoms with Crippen LogP contribution in [0.5, 0.6) is 5.75 Å². The first-order chi connectivity index (χ1) is 6.72. The van der Waals surface area contributed by atoms with Crippen LogP contribution < -0.4 is 4.74 Å². The van der Waals surface area contributed by atoms with Crippen LogP contribution in [-0.4, -0.2) is 7.11 Å². The Bertz CT molecular complexity index is 424. The van der Waals surface area contributed by atoms with Gasteiger partial charge in [-0.25, -0.2) is 0 Å². The van der Waals surface area contributed by atoms with Crippen LogP contribution in [0.1, 0.15) is 16.7 Å². The molecule has 1 aromatic rings. The smallest absolute Gasteiger partial charge is 0.136 e. The Morgan fingerprint density at radius 2 is 2.07 bits per heavy atom. The van der Waals surface area contributed by atoms with Crippen LogP contribution in [0.25, 0.3) is 0 Å². The summed E-state index contributed by atoms with van der Waals surface area (Å²) in [5, 5.41) is 17.4. The van der Waals surface area contributed by atoms with E-state index in [9.17, 15) is 0 Å². The van der Waals surface area contributed by atoms with Crippen molar-refractivity contribution in [2.45, 2.75) is 13.3 Å². The molecule has 0 N–H and O–H groups in total. The Balaban J connectivity index is 3.26. The third kappa shape index (κ3) is 1.84. The molecule has 0 heterocycles. The number of methoxy groups -OCH3 is 1. The van der Waals surface area contributed by atoms with Crippen molar-refractivity contribution in [2.24, 2.45) is 0 Å². The zero-order valence-electron chi connectivity index (χ0n) is 8.16. The molecule has 0 fully saturated rings. The van der Waals surface area contributed by atoms with Crippen LogP contribution in [0.3, 0.4) is 0 Å². The zero-order valence-corrected chi connectivity index (χ0v) is 8.16. The second kappa shape index (κ2) is 4.30. The first-order valence-electron chi connectivity index (χ1n) is 4.17. The fourth-order valence-corrected chi connectivity index (χ4v) is 1.26. The van der Waals surface area contributed by atoms with E-state index in [2.05, 4.69) is 6.07 Å². The normalized spacial score (nSPS) is 8.86. The predicted molar refractivity (Wildman–Crippen MR) is 51.8 cm³/mol. The second-order valence-electron chi connectivity index (χ2n) is 2.93. The number of aryl methyl sites for hydroxylation is 1. The summed E-state index contributed by atoms with van der Waals surface area (Å²) in [7, 11) is 1.53. The third-order valence-electron chi connectivity index (χ3n) is 2.05. The van der Waals surface area contributed by atoms with E-state index in [4.69, 9.17) is 15.3 Å². The number of hydrogen-bond donors (Lipinski definition) is 0. The highest BCUT2D eigenvalue weighted by molar-refractivity contribution is 5.49. The minimum Gasteiger partial charge on any atom is -0.495 e. The van der Waals surface area contributed by atoms with Crippen LogP contribution in [0.2, 0.25) is 0 Å². The summed E-state index contributed by atoms with van der Waals surface area (Å²) in [6, 6.07) is 7.59. The molecule has 0 radical (unpaired) electrons. The molecular weight excluding hydrogens is 176 g/mol. The van der Waals surface area contributed by atoms with Gasteiger partial charge in [0.15, 0.2) is 0 Å². The minimum absolute atomic E-state index is 0.324. The highest BCUT2D eigenvalue weighted by Crippen LogP contribution is 2.22. The van der Waals surface area contributed by atoms with Crippen LogP contribution >= 0.6 is 0 Å². The summed E-state index contributed by atoms with van der Waals surface area (Å²) >= 11 is 0. The van der Waals surface area contributed by atoms with Gasteiger partial charge in [0.05, 0.1) is 25.2 Å². The summed E-state index contributed by atoms with van der Waals surface area (Å²) in [5.74, 6) is 0.562. The number of nitriles is 2. The molecule has 70 valence electrons. The Morgan fingerprint density at radius 1 is 1.36 bits per heavy atom. The van der Waals surface area contributed by atoms with Gasteiger partial charge in [0, 0.05) is 0 Å². The van der Waals surface area contributed by atoms with E-state index < -0.39 is 0 Å². The maximum absolute atomic E-state index is 8.82. The van der Waals surface area contributed by atoms with Crippen LogP contribution in [0, 0.1) is 29.6 Å². The summed E-state index contributed by atoms with van der Waals surface area (Å²) in [5.41, 5.74) is 2.33. The minimum atomic E-state index is 0.324. The molecule has 0 atom stereocenters. The molecule has 1 aromatic carbocycles. The molecule has 0 saturated heterocycles. The van der Waals surface area contributed by atoms with E-state index in [1.165, 1.54) is 7.11 Å². The fraction of sp³-hybridized carbons (Fsp3) is 0.273. The average Bonchev–Trinajstić information content (AvgIpc) is 2.20. The quantitative estimate of drug-likeness (QED) is 0.709. The molecule has 0 unspecified atom stereocenters. The monoisotopic (exact) mass is 186 g/mol. The lowest BCUT2D eigenvalue weighted by Gasteiger charge is -2.07. The molecule has 3 nitrogen and oxygen atoms in total. The van der Waals surface area contributed by atoms with Crippen molar-refractivity contribution >= 4 is 0 Å². The summed E-state index contributed by atoms with van der Waals surface area (Å²) in [6.45, 7) is 1.90. The van der Waals surface area contributed by atoms with Crippen LogP contribution in [-0.2, 0) is 6.42 Å². The lowest BCUT2D eigenvalue weighted by atomic mass is 10.0. The number of ether oxygens (including phenoxy) is 1. The highest BCUT2D eigenvalue weighted by Gasteiger charge is 2.06. The Kier molecular flexibility index (Phi) is 3.09. The second-order valence-corrected chi connectivity index (χ2v) is 2.93. The molecule has 3 heteroatoms. The van der Waals surface area contributed by atoms with Gasteiger partial charge in [0.1, 0.15) is 11.8 Å². The van der Waals surface area contributed by atoms with E-state index >= 15 is 0 Å². The first-order valence-corrected chi connectivity index (χ1v) is 4.17. The lowest BCUT2D eigenvalue weighted by molar-refractivity contribution is 0.413. The van der Waals surface area contributed by atoms with Gasteiger partial charge in [-0.15, -0.1) is 0 Å². The zero-order chi connectivity index (χ0) is 10.6. The maximum Gasteiger partial charge on any atom is 0.136 e. The Morgan fingerprint density at radius 3 is 2.57 bits per heavy atom. The molecule has 0 aliphatic carbocycles. The largest absolute Gasteiger partial charge is 0.495 e. The van der Waals surface area contributed by atoms with Gasteiger partial charge < -0.3 is 4.74 Å². The summed E-state index contributed by atoms with van der Waals surface area (Å²) in [6.07, 6.45) is 0.324. The van der Waals surface area contributed by atoms with Crippen molar-refractivity contribution in [1.29, 1.82) is 10.5 Å². The van der Waals surface area contributed by atoms with Crippen molar-refractivity contribution in [1.82, 2.24) is 0 Å². The van der Waals surface area contributed by atoms with Gasteiger partial charge in [-0.05, 0) is 30.2 Å². The molecule has 0 aromatic heterocycles. The molecule has 0 aliphatic rings. The number of rotatable bonds is 2. The summed E-state index contributed by atoms with van der Waals surface area (Å²) in [4.78, 5) is 0. The van der Waals surface area contributed by atoms with Crippen molar-refractivity contribution in [2.75, 3.05) is 7.11 Å². The van der Waals surface area contributed by atoms with Gasteiger partial charge in [-0.1, -0.05) is 0 Å². The van der Waals surface area contributed by atoms with Crippen molar-refractivity contribution < 1.29 is 4.74 Å². The average molecular weight is 186 g/mol.